The quantitative estimate of drug-likeness (QED) is 0.913. The van der Waals surface area contributed by atoms with Crippen LogP contribution in [0.4, 0.5) is 0 Å². The number of amides is 1. The largest absolute Gasteiger partial charge is 0.367 e. The van der Waals surface area contributed by atoms with Gasteiger partial charge in [-0.05, 0) is 24.6 Å². The molecule has 2 N–H and O–H groups in total. The smallest absolute Gasteiger partial charge is 0.257 e. The first-order valence-corrected chi connectivity index (χ1v) is 6.60. The van der Waals surface area contributed by atoms with Gasteiger partial charge in [-0.25, -0.2) is 0 Å². The van der Waals surface area contributed by atoms with E-state index < -0.39 is 0 Å². The van der Waals surface area contributed by atoms with Gasteiger partial charge in [0.15, 0.2) is 5.43 Å². The van der Waals surface area contributed by atoms with Crippen LogP contribution in [-0.4, -0.2) is 10.9 Å². The van der Waals surface area contributed by atoms with E-state index >= 15 is 0 Å². The Kier molecular flexibility index (Phi) is 4.16. The Hall–Kier alpha value is -1.88. The average molecular weight is 321 g/mol. The van der Waals surface area contributed by atoms with E-state index in [1.165, 1.54) is 18.5 Å². The lowest BCUT2D eigenvalue weighted by atomic mass is 10.1. The van der Waals surface area contributed by atoms with E-state index in [1.54, 1.807) is 0 Å². The highest BCUT2D eigenvalue weighted by molar-refractivity contribution is 9.10. The van der Waals surface area contributed by atoms with Gasteiger partial charge < -0.3 is 10.3 Å². The van der Waals surface area contributed by atoms with Gasteiger partial charge in [0.1, 0.15) is 5.56 Å². The second kappa shape index (κ2) is 5.84. The maximum absolute atomic E-state index is 12.0. The van der Waals surface area contributed by atoms with Gasteiger partial charge >= 0.3 is 0 Å². The summed E-state index contributed by atoms with van der Waals surface area (Å²) in [6.07, 6.45) is 2.90. The molecule has 0 saturated heterocycles. The third-order valence-corrected chi connectivity index (χ3v) is 3.26. The Labute approximate surface area is 119 Å². The molecule has 0 fully saturated rings. The highest BCUT2D eigenvalue weighted by atomic mass is 79.9. The Morgan fingerprint density at radius 3 is 2.84 bits per heavy atom. The molecule has 0 bridgehead atoms. The van der Waals surface area contributed by atoms with Crippen molar-refractivity contribution in [2.45, 2.75) is 13.0 Å². The lowest BCUT2D eigenvalue weighted by Gasteiger charge is -2.14. The monoisotopic (exact) mass is 320 g/mol. The zero-order valence-electron chi connectivity index (χ0n) is 10.3. The fourth-order valence-corrected chi connectivity index (χ4v) is 2.14. The molecule has 1 heterocycles. The third kappa shape index (κ3) is 3.32. The molecule has 5 heteroatoms. The summed E-state index contributed by atoms with van der Waals surface area (Å²) >= 11 is 3.39. The van der Waals surface area contributed by atoms with Gasteiger partial charge in [0.05, 0.1) is 6.04 Å². The van der Waals surface area contributed by atoms with E-state index in [0.717, 1.165) is 10.0 Å². The number of nitrogens with one attached hydrogen (secondary N) is 2. The van der Waals surface area contributed by atoms with Crippen molar-refractivity contribution in [3.05, 3.63) is 68.5 Å². The highest BCUT2D eigenvalue weighted by Gasteiger charge is 2.13. The minimum atomic E-state index is -0.380. The molecule has 0 radical (unpaired) electrons. The molecule has 0 spiro atoms. The molecule has 0 aliphatic rings. The topological polar surface area (TPSA) is 62.0 Å². The molecule has 1 atom stereocenters. The number of aromatic amines is 1. The lowest BCUT2D eigenvalue weighted by molar-refractivity contribution is 0.0938. The highest BCUT2D eigenvalue weighted by Crippen LogP contribution is 2.17. The summed E-state index contributed by atoms with van der Waals surface area (Å²) in [7, 11) is 0. The number of pyridine rings is 1. The Bertz CT molecular complexity index is 652. The molecular weight excluding hydrogens is 308 g/mol. The minimum Gasteiger partial charge on any atom is -0.367 e. The average Bonchev–Trinajstić information content (AvgIpc) is 2.39. The summed E-state index contributed by atoms with van der Waals surface area (Å²) in [6, 6.07) is 8.82. The molecule has 19 heavy (non-hydrogen) atoms. The van der Waals surface area contributed by atoms with Crippen LogP contribution in [0.3, 0.4) is 0 Å². The number of hydrogen-bond acceptors (Lipinski definition) is 2. The second-order valence-electron chi connectivity index (χ2n) is 4.17. The van der Waals surface area contributed by atoms with Crippen molar-refractivity contribution in [1.29, 1.82) is 0 Å². The molecule has 4 nitrogen and oxygen atoms in total. The van der Waals surface area contributed by atoms with Crippen LogP contribution in [0.5, 0.6) is 0 Å². The van der Waals surface area contributed by atoms with Crippen LogP contribution >= 0.6 is 15.9 Å². The molecule has 2 rings (SSSR count). The maximum atomic E-state index is 12.0. The maximum Gasteiger partial charge on any atom is 0.257 e. The van der Waals surface area contributed by atoms with Crippen molar-refractivity contribution in [2.24, 2.45) is 0 Å². The number of benzene rings is 1. The van der Waals surface area contributed by atoms with Gasteiger partial charge in [0, 0.05) is 22.9 Å². The summed E-state index contributed by atoms with van der Waals surface area (Å²) in [5, 5.41) is 2.80. The van der Waals surface area contributed by atoms with Gasteiger partial charge in [0.25, 0.3) is 5.91 Å². The standard InChI is InChI=1S/C14H13BrN2O2/c1-9(10-3-2-4-11(15)7-10)17-14(19)12-8-16-6-5-13(12)18/h2-9H,1H3,(H,16,18)(H,17,19). The van der Waals surface area contributed by atoms with E-state index in [9.17, 15) is 9.59 Å². The van der Waals surface area contributed by atoms with Crippen LogP contribution in [0.2, 0.25) is 0 Å². The SMILES string of the molecule is CC(NC(=O)c1c[nH]ccc1=O)c1cccc(Br)c1. The van der Waals surface area contributed by atoms with Crippen molar-refractivity contribution < 1.29 is 4.79 Å². The third-order valence-electron chi connectivity index (χ3n) is 2.76. The van der Waals surface area contributed by atoms with Gasteiger partial charge in [-0.3, -0.25) is 9.59 Å². The molecule has 1 unspecified atom stereocenters. The first-order valence-electron chi connectivity index (χ1n) is 5.81. The van der Waals surface area contributed by atoms with E-state index in [4.69, 9.17) is 0 Å². The first-order chi connectivity index (χ1) is 9.08. The van der Waals surface area contributed by atoms with Crippen LogP contribution in [0, 0.1) is 0 Å². The van der Waals surface area contributed by atoms with Crippen LogP contribution in [0.25, 0.3) is 0 Å². The van der Waals surface area contributed by atoms with Crippen LogP contribution < -0.4 is 10.7 Å². The van der Waals surface area contributed by atoms with E-state index in [-0.39, 0.29) is 22.9 Å². The van der Waals surface area contributed by atoms with E-state index in [0.29, 0.717) is 0 Å². The zero-order valence-corrected chi connectivity index (χ0v) is 11.9. The summed E-state index contributed by atoms with van der Waals surface area (Å²) in [6.45, 7) is 1.87. The van der Waals surface area contributed by atoms with Crippen LogP contribution in [-0.2, 0) is 0 Å². The Morgan fingerprint density at radius 2 is 2.16 bits per heavy atom. The molecule has 0 aliphatic heterocycles. The van der Waals surface area contributed by atoms with Crippen molar-refractivity contribution in [1.82, 2.24) is 10.3 Å². The Balaban J connectivity index is 2.16. The predicted molar refractivity (Wildman–Crippen MR) is 77.1 cm³/mol. The number of H-pyrrole nitrogens is 1. The number of halogens is 1. The van der Waals surface area contributed by atoms with Gasteiger partial charge in [-0.1, -0.05) is 28.1 Å². The van der Waals surface area contributed by atoms with Crippen LogP contribution in [0.1, 0.15) is 28.9 Å². The summed E-state index contributed by atoms with van der Waals surface area (Å²) in [4.78, 5) is 26.3. The fraction of sp³-hybridized carbons (Fsp3) is 0.143. The first kappa shape index (κ1) is 13.5. The summed E-state index contributed by atoms with van der Waals surface area (Å²) in [5.74, 6) is -0.380. The summed E-state index contributed by atoms with van der Waals surface area (Å²) < 4.78 is 0.948. The van der Waals surface area contributed by atoms with Crippen molar-refractivity contribution >= 4 is 21.8 Å². The van der Waals surface area contributed by atoms with Crippen molar-refractivity contribution in [2.75, 3.05) is 0 Å². The van der Waals surface area contributed by atoms with E-state index in [2.05, 4.69) is 26.2 Å². The second-order valence-corrected chi connectivity index (χ2v) is 5.09. The molecule has 0 saturated carbocycles. The number of aromatic nitrogens is 1. The van der Waals surface area contributed by atoms with Crippen molar-refractivity contribution in [3.63, 3.8) is 0 Å². The van der Waals surface area contributed by atoms with Gasteiger partial charge in [-0.15, -0.1) is 0 Å². The van der Waals surface area contributed by atoms with E-state index in [1.807, 2.05) is 31.2 Å². The van der Waals surface area contributed by atoms with Crippen molar-refractivity contribution in [3.8, 4) is 0 Å². The predicted octanol–water partition coefficient (Wildman–Crippen LogP) is 2.63. The van der Waals surface area contributed by atoms with Gasteiger partial charge in [-0.2, -0.15) is 0 Å². The lowest BCUT2D eigenvalue weighted by Crippen LogP contribution is -2.30. The molecule has 1 aromatic heterocycles. The minimum absolute atomic E-state index is 0.115. The molecule has 98 valence electrons. The molecule has 2 aromatic rings. The number of carbonyl (C=O) groups excluding carboxylic acids is 1. The normalized spacial score (nSPS) is 11.9. The number of hydrogen-bond donors (Lipinski definition) is 2. The number of rotatable bonds is 3. The van der Waals surface area contributed by atoms with Gasteiger partial charge in [0.2, 0.25) is 0 Å². The number of carbonyl (C=O) groups is 1. The molecule has 1 aromatic carbocycles. The fourth-order valence-electron chi connectivity index (χ4n) is 1.73. The summed E-state index contributed by atoms with van der Waals surface area (Å²) in [5.41, 5.74) is 0.789. The van der Waals surface area contributed by atoms with Crippen LogP contribution in [0.15, 0.2) is 52.0 Å². The molecule has 1 amide bonds. The Morgan fingerprint density at radius 1 is 1.37 bits per heavy atom. The molecule has 0 aliphatic carbocycles. The zero-order chi connectivity index (χ0) is 13.8. The molecular formula is C14H13BrN2O2.